The molecule has 0 bridgehead atoms. The zero-order valence-electron chi connectivity index (χ0n) is 17.7. The molecule has 1 fully saturated rings. The van der Waals surface area contributed by atoms with Gasteiger partial charge in [-0.05, 0) is 43.5 Å². The number of allylic oxidation sites excluding steroid dienone is 1. The molecule has 9 heteroatoms. The Hall–Kier alpha value is -3.20. The molecule has 1 aromatic carbocycles. The maximum atomic E-state index is 13.3. The Morgan fingerprint density at radius 3 is 2.88 bits per heavy atom. The number of carbonyl (C=O) groups is 1. The van der Waals surface area contributed by atoms with E-state index in [0.29, 0.717) is 24.1 Å². The SMILES string of the molecule is Cn1cc(C2CCCCN2CC2=CCc3ccc(-c4nnc(C(F)F)o4)cc3C2=O)cn1. The van der Waals surface area contributed by atoms with Crippen LogP contribution in [0.3, 0.4) is 0 Å². The fourth-order valence-corrected chi connectivity index (χ4v) is 4.56. The van der Waals surface area contributed by atoms with E-state index in [1.807, 2.05) is 36.3 Å². The van der Waals surface area contributed by atoms with Crippen LogP contribution in [0.2, 0.25) is 0 Å². The fourth-order valence-electron chi connectivity index (χ4n) is 4.56. The number of hydrogen-bond donors (Lipinski definition) is 0. The van der Waals surface area contributed by atoms with Crippen molar-refractivity contribution in [2.45, 2.75) is 38.2 Å². The lowest BCUT2D eigenvalue weighted by atomic mass is 9.88. The first-order valence-corrected chi connectivity index (χ1v) is 10.7. The summed E-state index contributed by atoms with van der Waals surface area (Å²) in [5.74, 6) is -0.784. The van der Waals surface area contributed by atoms with Crippen LogP contribution in [0, 0.1) is 0 Å². The second-order valence-electron chi connectivity index (χ2n) is 8.31. The molecule has 0 radical (unpaired) electrons. The molecule has 1 aliphatic carbocycles. The fraction of sp³-hybridized carbons (Fsp3) is 0.391. The monoisotopic (exact) mass is 439 g/mol. The number of rotatable bonds is 5. The van der Waals surface area contributed by atoms with Crippen LogP contribution in [0.5, 0.6) is 0 Å². The molecule has 1 unspecified atom stereocenters. The van der Waals surface area contributed by atoms with Crippen molar-refractivity contribution in [3.05, 3.63) is 64.8 Å². The highest BCUT2D eigenvalue weighted by molar-refractivity contribution is 6.11. The molecule has 1 aliphatic heterocycles. The van der Waals surface area contributed by atoms with Crippen molar-refractivity contribution in [1.82, 2.24) is 24.9 Å². The second-order valence-corrected chi connectivity index (χ2v) is 8.31. The summed E-state index contributed by atoms with van der Waals surface area (Å²) >= 11 is 0. The van der Waals surface area contributed by atoms with E-state index in [-0.39, 0.29) is 17.7 Å². The van der Waals surface area contributed by atoms with Crippen LogP contribution in [-0.4, -0.2) is 43.8 Å². The lowest BCUT2D eigenvalue weighted by Gasteiger charge is -2.36. The van der Waals surface area contributed by atoms with E-state index in [1.165, 1.54) is 5.56 Å². The van der Waals surface area contributed by atoms with Crippen molar-refractivity contribution in [3.8, 4) is 11.5 Å². The first-order chi connectivity index (χ1) is 15.5. The quantitative estimate of drug-likeness (QED) is 0.590. The molecular formula is C23H23F2N5O2. The average Bonchev–Trinajstić information content (AvgIpc) is 3.46. The average molecular weight is 439 g/mol. The Labute approximate surface area is 183 Å². The highest BCUT2D eigenvalue weighted by Gasteiger charge is 2.29. The lowest BCUT2D eigenvalue weighted by molar-refractivity contribution is 0.0997. The molecular weight excluding hydrogens is 416 g/mol. The van der Waals surface area contributed by atoms with Gasteiger partial charge in [-0.1, -0.05) is 18.6 Å². The van der Waals surface area contributed by atoms with Gasteiger partial charge in [0.15, 0.2) is 5.78 Å². The van der Waals surface area contributed by atoms with E-state index >= 15 is 0 Å². The largest absolute Gasteiger partial charge is 0.415 e. The van der Waals surface area contributed by atoms with Crippen molar-refractivity contribution in [2.24, 2.45) is 7.05 Å². The van der Waals surface area contributed by atoms with Gasteiger partial charge in [0.25, 0.3) is 5.89 Å². The molecule has 2 aromatic heterocycles. The minimum absolute atomic E-state index is 0.0142. The van der Waals surface area contributed by atoms with E-state index < -0.39 is 12.3 Å². The number of benzene rings is 1. The van der Waals surface area contributed by atoms with Crippen LogP contribution in [0.25, 0.3) is 11.5 Å². The number of Topliss-reactive ketones (excluding diaryl/α,β-unsaturated/α-hetero) is 1. The van der Waals surface area contributed by atoms with Gasteiger partial charge in [0, 0.05) is 48.1 Å². The predicted octanol–water partition coefficient (Wildman–Crippen LogP) is 4.30. The third-order valence-corrected chi connectivity index (χ3v) is 6.19. The zero-order chi connectivity index (χ0) is 22.2. The minimum Gasteiger partial charge on any atom is -0.415 e. The number of piperidine rings is 1. The number of ketones is 1. The second kappa shape index (κ2) is 8.38. The number of likely N-dealkylation sites (tertiary alicyclic amines) is 1. The molecule has 0 saturated carbocycles. The number of aryl methyl sites for hydroxylation is 1. The molecule has 0 N–H and O–H groups in total. The molecule has 0 amide bonds. The summed E-state index contributed by atoms with van der Waals surface area (Å²) in [5.41, 5.74) is 3.85. The summed E-state index contributed by atoms with van der Waals surface area (Å²) in [6, 6.07) is 5.45. The number of carbonyl (C=O) groups excluding carboxylic acids is 1. The Morgan fingerprint density at radius 1 is 1.25 bits per heavy atom. The van der Waals surface area contributed by atoms with Crippen molar-refractivity contribution >= 4 is 5.78 Å². The number of hydrogen-bond acceptors (Lipinski definition) is 6. The number of fused-ring (bicyclic) bond motifs is 1. The summed E-state index contributed by atoms with van der Waals surface area (Å²) in [7, 11) is 1.91. The third kappa shape index (κ3) is 3.88. The third-order valence-electron chi connectivity index (χ3n) is 6.19. The number of alkyl halides is 2. The standard InChI is InChI=1S/C23H23F2N5O2/c1-29-12-17(11-26-29)19-4-2-3-9-30(19)13-16-8-6-14-5-7-15(10-18(14)20(16)31)22-27-28-23(32-22)21(24)25/h5,7-8,10-12,19,21H,2-4,6,9,13H2,1H3. The van der Waals surface area contributed by atoms with Crippen LogP contribution in [-0.2, 0) is 13.5 Å². The maximum Gasteiger partial charge on any atom is 0.314 e. The smallest absolute Gasteiger partial charge is 0.314 e. The van der Waals surface area contributed by atoms with Gasteiger partial charge >= 0.3 is 6.43 Å². The number of halogens is 2. The predicted molar refractivity (Wildman–Crippen MR) is 112 cm³/mol. The van der Waals surface area contributed by atoms with Gasteiger partial charge in [0.05, 0.1) is 6.20 Å². The van der Waals surface area contributed by atoms with E-state index in [4.69, 9.17) is 4.42 Å². The Balaban J connectivity index is 1.38. The Bertz CT molecular complexity index is 1180. The van der Waals surface area contributed by atoms with Crippen molar-refractivity contribution in [2.75, 3.05) is 13.1 Å². The lowest BCUT2D eigenvalue weighted by Crippen LogP contribution is -2.36. The highest BCUT2D eigenvalue weighted by Crippen LogP contribution is 2.33. The molecule has 166 valence electrons. The first-order valence-electron chi connectivity index (χ1n) is 10.7. The van der Waals surface area contributed by atoms with Gasteiger partial charge in [-0.2, -0.15) is 13.9 Å². The number of aromatic nitrogens is 4. The highest BCUT2D eigenvalue weighted by atomic mass is 19.3. The van der Waals surface area contributed by atoms with Gasteiger partial charge in [-0.25, -0.2) is 0 Å². The molecule has 3 aromatic rings. The van der Waals surface area contributed by atoms with E-state index in [0.717, 1.165) is 36.9 Å². The van der Waals surface area contributed by atoms with Crippen molar-refractivity contribution in [1.29, 1.82) is 0 Å². The van der Waals surface area contributed by atoms with Crippen LogP contribution in [0.1, 0.15) is 59.1 Å². The van der Waals surface area contributed by atoms with Crippen LogP contribution in [0.15, 0.2) is 46.7 Å². The number of nitrogens with zero attached hydrogens (tertiary/aromatic N) is 5. The minimum atomic E-state index is -2.83. The van der Waals surface area contributed by atoms with E-state index in [1.54, 1.807) is 12.1 Å². The van der Waals surface area contributed by atoms with Crippen LogP contribution < -0.4 is 0 Å². The summed E-state index contributed by atoms with van der Waals surface area (Å²) in [5, 5.41) is 11.4. The topological polar surface area (TPSA) is 77.0 Å². The maximum absolute atomic E-state index is 13.3. The van der Waals surface area contributed by atoms with Crippen molar-refractivity contribution in [3.63, 3.8) is 0 Å². The molecule has 5 rings (SSSR count). The van der Waals surface area contributed by atoms with Gasteiger partial charge in [-0.15, -0.1) is 10.2 Å². The van der Waals surface area contributed by atoms with E-state index in [9.17, 15) is 13.6 Å². The van der Waals surface area contributed by atoms with Crippen LogP contribution in [0.4, 0.5) is 8.78 Å². The van der Waals surface area contributed by atoms with E-state index in [2.05, 4.69) is 20.2 Å². The molecule has 7 nitrogen and oxygen atoms in total. The zero-order valence-corrected chi connectivity index (χ0v) is 17.7. The molecule has 3 heterocycles. The summed E-state index contributed by atoms with van der Waals surface area (Å²) in [6.45, 7) is 1.49. The molecule has 1 saturated heterocycles. The normalized spacial score (nSPS) is 19.3. The summed E-state index contributed by atoms with van der Waals surface area (Å²) in [6.07, 6.45) is 7.05. The summed E-state index contributed by atoms with van der Waals surface area (Å²) < 4.78 is 32.5. The molecule has 1 atom stereocenters. The van der Waals surface area contributed by atoms with Gasteiger partial charge in [-0.3, -0.25) is 14.4 Å². The summed E-state index contributed by atoms with van der Waals surface area (Å²) in [4.78, 5) is 15.7. The van der Waals surface area contributed by atoms with Gasteiger partial charge in [0.1, 0.15) is 0 Å². The van der Waals surface area contributed by atoms with Crippen LogP contribution >= 0.6 is 0 Å². The Kier molecular flexibility index (Phi) is 5.42. The molecule has 32 heavy (non-hydrogen) atoms. The first kappa shape index (κ1) is 20.7. The molecule has 2 aliphatic rings. The molecule has 0 spiro atoms. The van der Waals surface area contributed by atoms with Gasteiger partial charge < -0.3 is 4.42 Å². The Morgan fingerprint density at radius 2 is 2.12 bits per heavy atom. The van der Waals surface area contributed by atoms with Crippen molar-refractivity contribution < 1.29 is 18.0 Å². The van der Waals surface area contributed by atoms with Gasteiger partial charge in [0.2, 0.25) is 5.89 Å².